The highest BCUT2D eigenvalue weighted by Gasteiger charge is 2.23. The first-order chi connectivity index (χ1) is 17.7. The Labute approximate surface area is 241 Å². The van der Waals surface area contributed by atoms with Gasteiger partial charge in [-0.25, -0.2) is 9.59 Å². The molecule has 0 unspecified atom stereocenters. The highest BCUT2D eigenvalue weighted by molar-refractivity contribution is 6.02. The zero-order valence-electron chi connectivity index (χ0n) is 23.1. The van der Waals surface area contributed by atoms with Crippen LogP contribution in [0.2, 0.25) is 0 Å². The normalized spacial score (nSPS) is 11.1. The summed E-state index contributed by atoms with van der Waals surface area (Å²) in [5.41, 5.74) is 1.53. The summed E-state index contributed by atoms with van der Waals surface area (Å²) in [6.07, 6.45) is 2.43. The summed E-state index contributed by atoms with van der Waals surface area (Å²) in [4.78, 5) is 42.3. The number of nitrogens with zero attached hydrogens (tertiary/aromatic N) is 2. The molecule has 0 fully saturated rings. The Kier molecular flexibility index (Phi) is 13.9. The zero-order chi connectivity index (χ0) is 27.1. The first kappa shape index (κ1) is 34.4. The molecule has 0 radical (unpaired) electrons. The molecule has 2 N–H and O–H groups in total. The summed E-state index contributed by atoms with van der Waals surface area (Å²) in [6.45, 7) is 13.6. The molecule has 0 amide bonds. The third-order valence-corrected chi connectivity index (χ3v) is 7.22. The lowest BCUT2D eigenvalue weighted by atomic mass is 9.90. The van der Waals surface area contributed by atoms with Crippen molar-refractivity contribution in [1.82, 2.24) is 9.80 Å². The van der Waals surface area contributed by atoms with E-state index in [1.165, 1.54) is 18.2 Å². The number of halogens is 2. The van der Waals surface area contributed by atoms with Gasteiger partial charge in [0.2, 0.25) is 5.43 Å². The second-order valence-corrected chi connectivity index (χ2v) is 9.28. The van der Waals surface area contributed by atoms with E-state index in [0.29, 0.717) is 36.0 Å². The van der Waals surface area contributed by atoms with Crippen molar-refractivity contribution in [2.45, 2.75) is 53.4 Å². The minimum atomic E-state index is -1.14. The van der Waals surface area contributed by atoms with E-state index in [1.54, 1.807) is 6.07 Å². The van der Waals surface area contributed by atoms with Crippen LogP contribution in [0.4, 0.5) is 0 Å². The lowest BCUT2D eigenvalue weighted by Crippen LogP contribution is -2.25. The SMILES string of the molecule is CCN(CC)CCCc1cc2oc3ccc(C(=O)O)cc3c(=O)c2c(CCCN(CC)CC)c1C(=O)O.Cl.Cl. The molecule has 1 heterocycles. The van der Waals surface area contributed by atoms with Crippen molar-refractivity contribution in [2.75, 3.05) is 39.3 Å². The van der Waals surface area contributed by atoms with Crippen LogP contribution in [0, 0.1) is 0 Å². The minimum absolute atomic E-state index is 0. The molecular weight excluding hydrogens is 543 g/mol. The summed E-state index contributed by atoms with van der Waals surface area (Å²) in [5, 5.41) is 20.1. The Bertz CT molecular complexity index is 1330. The van der Waals surface area contributed by atoms with Gasteiger partial charge in [-0.15, -0.1) is 24.8 Å². The molecule has 39 heavy (non-hydrogen) atoms. The van der Waals surface area contributed by atoms with Gasteiger partial charge in [-0.1, -0.05) is 27.7 Å². The monoisotopic (exact) mass is 582 g/mol. The maximum atomic E-state index is 13.7. The van der Waals surface area contributed by atoms with E-state index in [0.717, 1.165) is 45.7 Å². The molecule has 0 aliphatic heterocycles. The summed E-state index contributed by atoms with van der Waals surface area (Å²) in [7, 11) is 0. The van der Waals surface area contributed by atoms with Gasteiger partial charge >= 0.3 is 11.9 Å². The summed E-state index contributed by atoms with van der Waals surface area (Å²) >= 11 is 0. The van der Waals surface area contributed by atoms with E-state index in [2.05, 4.69) is 37.5 Å². The second-order valence-electron chi connectivity index (χ2n) is 9.28. The van der Waals surface area contributed by atoms with E-state index < -0.39 is 17.4 Å². The van der Waals surface area contributed by atoms with Crippen LogP contribution in [-0.4, -0.2) is 71.2 Å². The predicted octanol–water partition coefficient (Wildman–Crippen LogP) is 5.74. The van der Waals surface area contributed by atoms with E-state index in [-0.39, 0.29) is 52.3 Å². The number of hydrogen-bond donors (Lipinski definition) is 2. The van der Waals surface area contributed by atoms with Gasteiger partial charge < -0.3 is 24.4 Å². The van der Waals surface area contributed by atoms with E-state index >= 15 is 0 Å². The molecule has 1 aromatic heterocycles. The van der Waals surface area contributed by atoms with E-state index in [9.17, 15) is 24.6 Å². The lowest BCUT2D eigenvalue weighted by Gasteiger charge is -2.20. The van der Waals surface area contributed by atoms with Crippen molar-refractivity contribution in [1.29, 1.82) is 0 Å². The highest BCUT2D eigenvalue weighted by Crippen LogP contribution is 2.30. The maximum absolute atomic E-state index is 13.7. The van der Waals surface area contributed by atoms with Gasteiger partial charge in [-0.2, -0.15) is 0 Å². The van der Waals surface area contributed by atoms with Crippen molar-refractivity contribution in [3.8, 4) is 0 Å². The number of aryl methyl sites for hydroxylation is 2. The number of carboxylic acids is 2. The van der Waals surface area contributed by atoms with Crippen molar-refractivity contribution in [2.24, 2.45) is 0 Å². The maximum Gasteiger partial charge on any atom is 0.336 e. The number of carbonyl (C=O) groups is 2. The topological polar surface area (TPSA) is 111 Å². The first-order valence-corrected chi connectivity index (χ1v) is 13.2. The second kappa shape index (κ2) is 15.8. The van der Waals surface area contributed by atoms with Crippen molar-refractivity contribution >= 4 is 58.7 Å². The summed E-state index contributed by atoms with van der Waals surface area (Å²) in [5.74, 6) is -2.20. The van der Waals surface area contributed by atoms with Crippen LogP contribution in [0.1, 0.15) is 72.4 Å². The molecule has 0 saturated heterocycles. The zero-order valence-corrected chi connectivity index (χ0v) is 24.8. The average Bonchev–Trinajstić information content (AvgIpc) is 2.88. The fourth-order valence-electron chi connectivity index (χ4n) is 5.05. The van der Waals surface area contributed by atoms with E-state index in [1.807, 2.05) is 0 Å². The minimum Gasteiger partial charge on any atom is -0.478 e. The molecule has 0 atom stereocenters. The van der Waals surface area contributed by atoms with Gasteiger partial charge in [0, 0.05) is 0 Å². The van der Waals surface area contributed by atoms with Crippen LogP contribution in [0.25, 0.3) is 21.9 Å². The molecule has 0 aliphatic carbocycles. The molecule has 0 saturated carbocycles. The number of hydrogen-bond acceptors (Lipinski definition) is 6. The average molecular weight is 584 g/mol. The number of aromatic carboxylic acids is 2. The van der Waals surface area contributed by atoms with Crippen molar-refractivity contribution < 1.29 is 24.2 Å². The number of rotatable bonds is 14. The van der Waals surface area contributed by atoms with Gasteiger partial charge in [0.05, 0.1) is 21.9 Å². The van der Waals surface area contributed by atoms with Crippen LogP contribution < -0.4 is 5.43 Å². The van der Waals surface area contributed by atoms with Crippen LogP contribution in [0.15, 0.2) is 33.5 Å². The van der Waals surface area contributed by atoms with Crippen molar-refractivity contribution in [3.63, 3.8) is 0 Å². The molecule has 8 nitrogen and oxygen atoms in total. The van der Waals surface area contributed by atoms with Gasteiger partial charge in [-0.3, -0.25) is 4.79 Å². The molecule has 3 rings (SSSR count). The van der Waals surface area contributed by atoms with Gasteiger partial charge in [-0.05, 0) is 100 Å². The van der Waals surface area contributed by atoms with Crippen LogP contribution in [-0.2, 0) is 12.8 Å². The van der Waals surface area contributed by atoms with Gasteiger partial charge in [0.15, 0.2) is 0 Å². The van der Waals surface area contributed by atoms with Gasteiger partial charge in [0.1, 0.15) is 11.2 Å². The highest BCUT2D eigenvalue weighted by atomic mass is 35.5. The first-order valence-electron chi connectivity index (χ1n) is 13.2. The van der Waals surface area contributed by atoms with Crippen LogP contribution >= 0.6 is 24.8 Å². The Morgan fingerprint density at radius 1 is 0.795 bits per heavy atom. The molecular formula is C29H40Cl2N2O6. The fourth-order valence-corrected chi connectivity index (χ4v) is 5.05. The van der Waals surface area contributed by atoms with Crippen LogP contribution in [0.5, 0.6) is 0 Å². The number of fused-ring (bicyclic) bond motifs is 2. The molecule has 3 aromatic rings. The Hall–Kier alpha value is -2.65. The molecule has 0 bridgehead atoms. The smallest absolute Gasteiger partial charge is 0.336 e. The molecule has 216 valence electrons. The third kappa shape index (κ3) is 7.94. The lowest BCUT2D eigenvalue weighted by molar-refractivity contribution is 0.0685. The predicted molar refractivity (Wildman–Crippen MR) is 161 cm³/mol. The Morgan fingerprint density at radius 2 is 1.36 bits per heavy atom. The quantitative estimate of drug-likeness (QED) is 0.232. The van der Waals surface area contributed by atoms with E-state index in [4.69, 9.17) is 4.42 Å². The number of carboxylic acid groups (broad SMARTS) is 2. The number of benzene rings is 2. The van der Waals surface area contributed by atoms with Crippen molar-refractivity contribution in [3.05, 3.63) is 56.7 Å². The molecule has 0 aliphatic rings. The molecule has 0 spiro atoms. The molecule has 10 heteroatoms. The Morgan fingerprint density at radius 3 is 1.87 bits per heavy atom. The summed E-state index contributed by atoms with van der Waals surface area (Å²) < 4.78 is 6.11. The largest absolute Gasteiger partial charge is 0.478 e. The standard InChI is InChI=1S/C29H38N2O6.2ClH/c1-5-30(6-2)15-9-11-19-18-24-26(21(25(19)29(35)36)12-10-16-31(7-3)8-4)27(32)22-17-20(28(33)34)13-14-23(22)37-24;;/h13-14,17-18H,5-12,15-16H2,1-4H3,(H,33,34)(H,35,36);2*1H. The Balaban J connectivity index is 0.00000380. The fraction of sp³-hybridized carbons (Fsp3) is 0.483. The summed E-state index contributed by atoms with van der Waals surface area (Å²) in [6, 6.07) is 5.90. The third-order valence-electron chi connectivity index (χ3n) is 7.22. The van der Waals surface area contributed by atoms with Gasteiger partial charge in [0.25, 0.3) is 0 Å². The molecule has 2 aromatic carbocycles. The van der Waals surface area contributed by atoms with Crippen LogP contribution in [0.3, 0.4) is 0 Å².